The van der Waals surface area contributed by atoms with E-state index in [2.05, 4.69) is 54.7 Å². The fraction of sp³-hybridized carbons (Fsp3) is 0.375. The van der Waals surface area contributed by atoms with Gasteiger partial charge >= 0.3 is 0 Å². The van der Waals surface area contributed by atoms with Gasteiger partial charge in [0, 0.05) is 12.6 Å². The molecule has 3 rings (SSSR count). The molecule has 88 valence electrons. The summed E-state index contributed by atoms with van der Waals surface area (Å²) < 4.78 is 0. The Morgan fingerprint density at radius 3 is 2.65 bits per heavy atom. The summed E-state index contributed by atoms with van der Waals surface area (Å²) in [7, 11) is 0. The van der Waals surface area contributed by atoms with E-state index in [9.17, 15) is 0 Å². The topological polar surface area (TPSA) is 12.0 Å². The van der Waals surface area contributed by atoms with Crippen molar-refractivity contribution in [3.05, 3.63) is 48.0 Å². The van der Waals surface area contributed by atoms with Gasteiger partial charge in [-0.05, 0) is 35.1 Å². The molecule has 0 radical (unpaired) electrons. The van der Waals surface area contributed by atoms with E-state index in [1.807, 2.05) is 0 Å². The van der Waals surface area contributed by atoms with Gasteiger partial charge in [-0.2, -0.15) is 0 Å². The quantitative estimate of drug-likeness (QED) is 0.836. The Morgan fingerprint density at radius 2 is 1.88 bits per heavy atom. The largest absolute Gasteiger partial charge is 0.313 e. The molecule has 1 nitrogen and oxygen atoms in total. The van der Waals surface area contributed by atoms with Gasteiger partial charge in [0.2, 0.25) is 0 Å². The highest BCUT2D eigenvalue weighted by Crippen LogP contribution is 2.23. The third-order valence-electron chi connectivity index (χ3n) is 3.63. The van der Waals surface area contributed by atoms with Crippen molar-refractivity contribution in [2.75, 3.05) is 6.54 Å². The predicted octanol–water partition coefficient (Wildman–Crippen LogP) is 3.70. The lowest BCUT2D eigenvalue weighted by molar-refractivity contribution is 0.612. The zero-order valence-corrected chi connectivity index (χ0v) is 10.3. The molecule has 2 aromatic rings. The van der Waals surface area contributed by atoms with Crippen LogP contribution in [0.15, 0.2) is 42.5 Å². The first-order valence-electron chi connectivity index (χ1n) is 6.55. The summed E-state index contributed by atoms with van der Waals surface area (Å²) in [5, 5.41) is 6.29. The zero-order valence-electron chi connectivity index (χ0n) is 10.3. The first kappa shape index (κ1) is 10.8. The lowest BCUT2D eigenvalue weighted by Gasteiger charge is -2.13. The van der Waals surface area contributed by atoms with Crippen molar-refractivity contribution in [3.63, 3.8) is 0 Å². The molecule has 0 aromatic heterocycles. The molecular weight excluding hydrogens is 206 g/mol. The number of nitrogens with one attached hydrogen (secondary N) is 1. The minimum Gasteiger partial charge on any atom is -0.313 e. The highest BCUT2D eigenvalue weighted by molar-refractivity contribution is 5.83. The second-order valence-corrected chi connectivity index (χ2v) is 5.19. The molecule has 1 saturated carbocycles. The summed E-state index contributed by atoms with van der Waals surface area (Å²) in [6.45, 7) is 3.41. The molecule has 1 unspecified atom stereocenters. The summed E-state index contributed by atoms with van der Waals surface area (Å²) >= 11 is 0. The van der Waals surface area contributed by atoms with E-state index in [0.717, 1.165) is 12.6 Å². The summed E-state index contributed by atoms with van der Waals surface area (Å²) in [5.41, 5.74) is 1.44. The summed E-state index contributed by atoms with van der Waals surface area (Å²) in [4.78, 5) is 0. The van der Waals surface area contributed by atoms with E-state index in [0.29, 0.717) is 5.92 Å². The third kappa shape index (κ3) is 2.50. The van der Waals surface area contributed by atoms with E-state index < -0.39 is 0 Å². The molecular formula is C16H19N. The lowest BCUT2D eigenvalue weighted by atomic mass is 9.98. The SMILES string of the molecule is CC(CNC1CC1)c1ccc2ccccc2c1. The molecule has 1 aliphatic rings. The van der Waals surface area contributed by atoms with Crippen LogP contribution >= 0.6 is 0 Å². The minimum atomic E-state index is 0.597. The smallest absolute Gasteiger partial charge is 0.00684 e. The van der Waals surface area contributed by atoms with Gasteiger partial charge in [-0.25, -0.2) is 0 Å². The molecule has 1 N–H and O–H groups in total. The molecule has 2 aromatic carbocycles. The van der Waals surface area contributed by atoms with Crippen LogP contribution in [0.25, 0.3) is 10.8 Å². The first-order valence-corrected chi connectivity index (χ1v) is 6.55. The Morgan fingerprint density at radius 1 is 1.12 bits per heavy atom. The fourth-order valence-corrected chi connectivity index (χ4v) is 2.26. The second kappa shape index (κ2) is 4.50. The van der Waals surface area contributed by atoms with Gasteiger partial charge in [0.05, 0.1) is 0 Å². The summed E-state index contributed by atoms with van der Waals surface area (Å²) in [5.74, 6) is 0.597. The lowest BCUT2D eigenvalue weighted by Crippen LogP contribution is -2.21. The Bertz CT molecular complexity index is 514. The second-order valence-electron chi connectivity index (χ2n) is 5.19. The maximum absolute atomic E-state index is 3.60. The maximum atomic E-state index is 3.60. The minimum absolute atomic E-state index is 0.597. The van der Waals surface area contributed by atoms with Gasteiger partial charge in [0.15, 0.2) is 0 Å². The molecule has 1 atom stereocenters. The average molecular weight is 225 g/mol. The zero-order chi connectivity index (χ0) is 11.7. The van der Waals surface area contributed by atoms with E-state index >= 15 is 0 Å². The van der Waals surface area contributed by atoms with E-state index in [-0.39, 0.29) is 0 Å². The Labute approximate surface area is 103 Å². The molecule has 0 bridgehead atoms. The van der Waals surface area contributed by atoms with Crippen molar-refractivity contribution in [1.82, 2.24) is 5.32 Å². The highest BCUT2D eigenvalue weighted by atomic mass is 14.9. The molecule has 0 heterocycles. The van der Waals surface area contributed by atoms with Gasteiger partial charge in [0.25, 0.3) is 0 Å². The number of benzene rings is 2. The fourth-order valence-electron chi connectivity index (χ4n) is 2.26. The van der Waals surface area contributed by atoms with E-state index in [1.165, 1.54) is 29.2 Å². The van der Waals surface area contributed by atoms with Crippen LogP contribution in [0.5, 0.6) is 0 Å². The van der Waals surface area contributed by atoms with Crippen LogP contribution in [0, 0.1) is 0 Å². The average Bonchev–Trinajstić information content (AvgIpc) is 3.19. The van der Waals surface area contributed by atoms with Gasteiger partial charge in [-0.15, -0.1) is 0 Å². The molecule has 0 aliphatic heterocycles. The molecule has 1 fully saturated rings. The van der Waals surface area contributed by atoms with Crippen molar-refractivity contribution in [2.45, 2.75) is 31.7 Å². The van der Waals surface area contributed by atoms with Gasteiger partial charge in [-0.3, -0.25) is 0 Å². The summed E-state index contributed by atoms with van der Waals surface area (Å²) in [6, 6.07) is 16.2. The number of hydrogen-bond acceptors (Lipinski definition) is 1. The van der Waals surface area contributed by atoms with Crippen LogP contribution in [0.2, 0.25) is 0 Å². The van der Waals surface area contributed by atoms with E-state index in [1.54, 1.807) is 0 Å². The maximum Gasteiger partial charge on any atom is 0.00684 e. The Kier molecular flexibility index (Phi) is 2.86. The van der Waals surface area contributed by atoms with E-state index in [4.69, 9.17) is 0 Å². The van der Waals surface area contributed by atoms with Gasteiger partial charge in [-0.1, -0.05) is 49.4 Å². The molecule has 0 amide bonds. The molecule has 0 spiro atoms. The van der Waals surface area contributed by atoms with Crippen LogP contribution in [0.3, 0.4) is 0 Å². The molecule has 1 aliphatic carbocycles. The molecule has 1 heteroatoms. The van der Waals surface area contributed by atoms with Gasteiger partial charge in [0.1, 0.15) is 0 Å². The Balaban J connectivity index is 1.78. The van der Waals surface area contributed by atoms with Gasteiger partial charge < -0.3 is 5.32 Å². The van der Waals surface area contributed by atoms with Crippen LogP contribution in [-0.4, -0.2) is 12.6 Å². The Hall–Kier alpha value is -1.34. The van der Waals surface area contributed by atoms with Crippen molar-refractivity contribution in [2.24, 2.45) is 0 Å². The van der Waals surface area contributed by atoms with Crippen molar-refractivity contribution >= 4 is 10.8 Å². The number of hydrogen-bond donors (Lipinski definition) is 1. The highest BCUT2D eigenvalue weighted by Gasteiger charge is 2.21. The predicted molar refractivity (Wildman–Crippen MR) is 73.4 cm³/mol. The standard InChI is InChI=1S/C16H19N/c1-12(11-17-16-8-9-16)14-7-6-13-4-2-3-5-15(13)10-14/h2-7,10,12,16-17H,8-9,11H2,1H3. The van der Waals surface area contributed by atoms with Crippen LogP contribution in [-0.2, 0) is 0 Å². The molecule has 17 heavy (non-hydrogen) atoms. The normalized spacial score (nSPS) is 17.2. The third-order valence-corrected chi connectivity index (χ3v) is 3.63. The van der Waals surface area contributed by atoms with Crippen molar-refractivity contribution in [1.29, 1.82) is 0 Å². The monoisotopic (exact) mass is 225 g/mol. The number of rotatable bonds is 4. The summed E-state index contributed by atoms with van der Waals surface area (Å²) in [6.07, 6.45) is 2.73. The molecule has 0 saturated heterocycles. The van der Waals surface area contributed by atoms with Crippen LogP contribution in [0.1, 0.15) is 31.2 Å². The van der Waals surface area contributed by atoms with Crippen molar-refractivity contribution in [3.8, 4) is 0 Å². The van der Waals surface area contributed by atoms with Crippen LogP contribution in [0.4, 0.5) is 0 Å². The number of fused-ring (bicyclic) bond motifs is 1. The van der Waals surface area contributed by atoms with Crippen molar-refractivity contribution < 1.29 is 0 Å². The van der Waals surface area contributed by atoms with Crippen LogP contribution < -0.4 is 5.32 Å². The first-order chi connectivity index (χ1) is 8.33.